The van der Waals surface area contributed by atoms with Gasteiger partial charge in [0.2, 0.25) is 21.8 Å². The van der Waals surface area contributed by atoms with E-state index in [1.165, 1.54) is 14.0 Å². The van der Waals surface area contributed by atoms with Gasteiger partial charge in [0.15, 0.2) is 0 Å². The Hall–Kier alpha value is -2.31. The molecule has 2 aromatic rings. The molecular formula is C21H22BrClF3N3O4S. The number of nitrogens with one attached hydrogen (secondary N) is 1. The van der Waals surface area contributed by atoms with E-state index in [0.717, 1.165) is 27.8 Å². The number of hydrogen-bond donors (Lipinski definition) is 1. The number of carbonyl (C=O) groups excluding carboxylic acids is 2. The molecule has 0 aliphatic rings. The molecule has 0 aliphatic heterocycles. The van der Waals surface area contributed by atoms with Crippen molar-refractivity contribution in [3.05, 3.63) is 63.1 Å². The highest BCUT2D eigenvalue weighted by Crippen LogP contribution is 2.37. The van der Waals surface area contributed by atoms with Crippen LogP contribution in [-0.2, 0) is 32.3 Å². The normalized spacial score (nSPS) is 12.7. The summed E-state index contributed by atoms with van der Waals surface area (Å²) < 4.78 is 66.1. The molecule has 1 N–H and O–H groups in total. The molecule has 0 fully saturated rings. The molecule has 0 heterocycles. The third-order valence-electron chi connectivity index (χ3n) is 4.88. The minimum atomic E-state index is -4.83. The Kier molecular flexibility index (Phi) is 9.00. The molecule has 2 aromatic carbocycles. The Morgan fingerprint density at radius 2 is 1.82 bits per heavy atom. The minimum absolute atomic E-state index is 0.0428. The van der Waals surface area contributed by atoms with Gasteiger partial charge < -0.3 is 10.2 Å². The van der Waals surface area contributed by atoms with Gasteiger partial charge in [-0.05, 0) is 42.8 Å². The third kappa shape index (κ3) is 7.09. The van der Waals surface area contributed by atoms with Crippen LogP contribution in [0.15, 0.2) is 46.9 Å². The molecule has 2 amide bonds. The van der Waals surface area contributed by atoms with Gasteiger partial charge in [-0.3, -0.25) is 13.9 Å². The topological polar surface area (TPSA) is 86.8 Å². The molecule has 186 valence electrons. The van der Waals surface area contributed by atoms with Crippen molar-refractivity contribution in [3.8, 4) is 0 Å². The zero-order chi connectivity index (χ0) is 25.8. The standard InChI is InChI=1S/C21H22BrClF3N3O4S/c1-13(20(31)27-2)28(11-14-5-4-6-15(22)9-14)19(30)12-29(34(3,32)33)16-7-8-18(23)17(10-16)21(24,25)26/h4-10,13H,11-12H2,1-3H3,(H,27,31)/t13-/m1/s1. The summed E-state index contributed by atoms with van der Waals surface area (Å²) in [4.78, 5) is 26.7. The molecule has 0 bridgehead atoms. The largest absolute Gasteiger partial charge is 0.417 e. The molecule has 0 aliphatic carbocycles. The number of amides is 2. The first-order valence-corrected chi connectivity index (χ1v) is 12.8. The zero-order valence-electron chi connectivity index (χ0n) is 18.4. The van der Waals surface area contributed by atoms with Crippen LogP contribution in [0.2, 0.25) is 5.02 Å². The fourth-order valence-corrected chi connectivity index (χ4v) is 4.64. The summed E-state index contributed by atoms with van der Waals surface area (Å²) in [5.41, 5.74) is -0.977. The van der Waals surface area contributed by atoms with Gasteiger partial charge in [0, 0.05) is 18.1 Å². The number of benzene rings is 2. The van der Waals surface area contributed by atoms with E-state index >= 15 is 0 Å². The van der Waals surface area contributed by atoms with Gasteiger partial charge in [0.05, 0.1) is 22.5 Å². The molecule has 0 radical (unpaired) electrons. The average molecular weight is 585 g/mol. The number of likely N-dealkylation sites (N-methyl/N-ethyl adjacent to an activating group) is 1. The van der Waals surface area contributed by atoms with Crippen LogP contribution in [0.4, 0.5) is 18.9 Å². The van der Waals surface area contributed by atoms with Crippen LogP contribution in [0.25, 0.3) is 0 Å². The lowest BCUT2D eigenvalue weighted by atomic mass is 10.1. The Bertz CT molecular complexity index is 1180. The molecule has 7 nitrogen and oxygen atoms in total. The smallest absolute Gasteiger partial charge is 0.357 e. The lowest BCUT2D eigenvalue weighted by molar-refractivity contribution is -0.139. The van der Waals surface area contributed by atoms with E-state index < -0.39 is 51.2 Å². The third-order valence-corrected chi connectivity index (χ3v) is 6.84. The lowest BCUT2D eigenvalue weighted by Gasteiger charge is -2.31. The van der Waals surface area contributed by atoms with Crippen LogP contribution in [-0.4, -0.2) is 51.0 Å². The molecule has 0 unspecified atom stereocenters. The van der Waals surface area contributed by atoms with Crippen LogP contribution >= 0.6 is 27.5 Å². The van der Waals surface area contributed by atoms with Crippen molar-refractivity contribution in [3.63, 3.8) is 0 Å². The quantitative estimate of drug-likeness (QED) is 0.507. The Labute approximate surface area is 209 Å². The average Bonchev–Trinajstić information content (AvgIpc) is 2.73. The lowest BCUT2D eigenvalue weighted by Crippen LogP contribution is -2.50. The van der Waals surface area contributed by atoms with Crippen molar-refractivity contribution in [1.82, 2.24) is 10.2 Å². The minimum Gasteiger partial charge on any atom is -0.357 e. The molecule has 34 heavy (non-hydrogen) atoms. The van der Waals surface area contributed by atoms with E-state index in [1.54, 1.807) is 24.3 Å². The number of halogens is 5. The van der Waals surface area contributed by atoms with Crippen LogP contribution in [0, 0.1) is 0 Å². The van der Waals surface area contributed by atoms with Gasteiger partial charge in [0.1, 0.15) is 12.6 Å². The van der Waals surface area contributed by atoms with Crippen molar-refractivity contribution in [2.75, 3.05) is 24.2 Å². The van der Waals surface area contributed by atoms with Crippen molar-refractivity contribution in [2.45, 2.75) is 25.7 Å². The number of anilines is 1. The molecule has 0 aromatic heterocycles. The first-order valence-electron chi connectivity index (χ1n) is 9.75. The second-order valence-corrected chi connectivity index (χ2v) is 10.6. The number of sulfonamides is 1. The van der Waals surface area contributed by atoms with Crippen LogP contribution < -0.4 is 9.62 Å². The second kappa shape index (κ2) is 11.0. The van der Waals surface area contributed by atoms with E-state index in [2.05, 4.69) is 21.2 Å². The van der Waals surface area contributed by atoms with E-state index in [4.69, 9.17) is 11.6 Å². The molecular weight excluding hydrogens is 563 g/mol. The van der Waals surface area contributed by atoms with E-state index in [9.17, 15) is 31.2 Å². The number of hydrogen-bond acceptors (Lipinski definition) is 4. The summed E-state index contributed by atoms with van der Waals surface area (Å²) in [7, 11) is -2.80. The summed E-state index contributed by atoms with van der Waals surface area (Å²) >= 11 is 8.96. The first-order chi connectivity index (χ1) is 15.6. The van der Waals surface area contributed by atoms with Gasteiger partial charge in [-0.15, -0.1) is 0 Å². The first kappa shape index (κ1) is 27.9. The van der Waals surface area contributed by atoms with Crippen LogP contribution in [0.1, 0.15) is 18.1 Å². The molecule has 13 heteroatoms. The SMILES string of the molecule is CNC(=O)[C@@H](C)N(Cc1cccc(Br)c1)C(=O)CN(c1ccc(Cl)c(C(F)(F)F)c1)S(C)(=O)=O. The van der Waals surface area contributed by atoms with Crippen molar-refractivity contribution in [2.24, 2.45) is 0 Å². The van der Waals surface area contributed by atoms with E-state index in [1.807, 2.05) is 0 Å². The molecule has 0 saturated heterocycles. The predicted molar refractivity (Wildman–Crippen MR) is 127 cm³/mol. The van der Waals surface area contributed by atoms with Gasteiger partial charge in [-0.2, -0.15) is 13.2 Å². The van der Waals surface area contributed by atoms with E-state index in [0.29, 0.717) is 15.9 Å². The second-order valence-electron chi connectivity index (χ2n) is 7.37. The summed E-state index contributed by atoms with van der Waals surface area (Å²) in [6.07, 6.45) is -4.07. The van der Waals surface area contributed by atoms with E-state index in [-0.39, 0.29) is 12.2 Å². The van der Waals surface area contributed by atoms with Gasteiger partial charge >= 0.3 is 6.18 Å². The summed E-state index contributed by atoms with van der Waals surface area (Å²) in [6.45, 7) is 0.593. The summed E-state index contributed by atoms with van der Waals surface area (Å²) in [5, 5.41) is 1.82. The number of nitrogens with zero attached hydrogens (tertiary/aromatic N) is 2. The Morgan fingerprint density at radius 3 is 2.35 bits per heavy atom. The zero-order valence-corrected chi connectivity index (χ0v) is 21.5. The predicted octanol–water partition coefficient (Wildman–Crippen LogP) is 4.05. The van der Waals surface area contributed by atoms with Crippen LogP contribution in [0.3, 0.4) is 0 Å². The highest BCUT2D eigenvalue weighted by molar-refractivity contribution is 9.10. The maximum atomic E-state index is 13.3. The van der Waals surface area contributed by atoms with Crippen molar-refractivity contribution in [1.29, 1.82) is 0 Å². The number of rotatable bonds is 8. The van der Waals surface area contributed by atoms with Gasteiger partial charge in [0.25, 0.3) is 0 Å². The number of carbonyl (C=O) groups is 2. The Morgan fingerprint density at radius 1 is 1.18 bits per heavy atom. The fourth-order valence-electron chi connectivity index (χ4n) is 3.12. The maximum Gasteiger partial charge on any atom is 0.417 e. The van der Waals surface area contributed by atoms with Crippen molar-refractivity contribution >= 4 is 55.1 Å². The highest BCUT2D eigenvalue weighted by Gasteiger charge is 2.35. The maximum absolute atomic E-state index is 13.3. The fraction of sp³-hybridized carbons (Fsp3) is 0.333. The highest BCUT2D eigenvalue weighted by atomic mass is 79.9. The summed E-state index contributed by atoms with van der Waals surface area (Å²) in [6, 6.07) is 8.49. The monoisotopic (exact) mass is 583 g/mol. The Balaban J connectivity index is 2.47. The van der Waals surface area contributed by atoms with Gasteiger partial charge in [-0.1, -0.05) is 39.7 Å². The molecule has 0 spiro atoms. The summed E-state index contributed by atoms with van der Waals surface area (Å²) in [5.74, 6) is -1.29. The number of alkyl halides is 3. The van der Waals surface area contributed by atoms with Crippen molar-refractivity contribution < 1.29 is 31.2 Å². The molecule has 0 saturated carbocycles. The van der Waals surface area contributed by atoms with Crippen LogP contribution in [0.5, 0.6) is 0 Å². The van der Waals surface area contributed by atoms with Gasteiger partial charge in [-0.25, -0.2) is 8.42 Å². The molecule has 1 atom stereocenters. The molecule has 2 rings (SSSR count).